The molecule has 1 amide bonds. The van der Waals surface area contributed by atoms with Crippen molar-refractivity contribution in [3.05, 3.63) is 95.8 Å². The van der Waals surface area contributed by atoms with Gasteiger partial charge in [0.15, 0.2) is 0 Å². The second-order valence-corrected chi connectivity index (χ2v) is 9.77. The van der Waals surface area contributed by atoms with Crippen LogP contribution in [0.4, 0.5) is 5.69 Å². The van der Waals surface area contributed by atoms with E-state index in [4.69, 9.17) is 9.47 Å². The molecule has 3 aromatic carbocycles. The minimum atomic E-state index is -0.172. The molecule has 0 fully saturated rings. The summed E-state index contributed by atoms with van der Waals surface area (Å²) in [5, 5.41) is 3.13. The molecule has 6 nitrogen and oxygen atoms in total. The molecular weight excluding hydrogens is 474 g/mol. The summed E-state index contributed by atoms with van der Waals surface area (Å²) < 4.78 is 15.4. The first-order valence-corrected chi connectivity index (χ1v) is 13.0. The van der Waals surface area contributed by atoms with E-state index in [2.05, 4.69) is 51.7 Å². The summed E-state index contributed by atoms with van der Waals surface area (Å²) in [7, 11) is 3.28. The van der Waals surface area contributed by atoms with Crippen molar-refractivity contribution in [1.82, 2.24) is 8.97 Å². The van der Waals surface area contributed by atoms with Crippen LogP contribution in [0.1, 0.15) is 34.5 Å². The Labute approximate surface area is 222 Å². The summed E-state index contributed by atoms with van der Waals surface area (Å²) >= 11 is 0. The number of amides is 1. The second-order valence-electron chi connectivity index (χ2n) is 9.77. The number of rotatable bonds is 6. The number of para-hydroxylation sites is 2. The predicted octanol–water partition coefficient (Wildman–Crippen LogP) is 6.99. The molecule has 0 bridgehead atoms. The third-order valence-corrected chi connectivity index (χ3v) is 7.43. The van der Waals surface area contributed by atoms with Crippen LogP contribution in [0, 0.1) is 6.92 Å². The fraction of sp³-hybridized carbons (Fsp3) is 0.219. The zero-order chi connectivity index (χ0) is 26.2. The summed E-state index contributed by atoms with van der Waals surface area (Å²) in [6.45, 7) is 3.01. The molecule has 1 aliphatic heterocycles. The number of nitrogens with zero attached hydrogens (tertiary/aromatic N) is 2. The van der Waals surface area contributed by atoms with Crippen molar-refractivity contribution in [2.45, 2.75) is 32.7 Å². The van der Waals surface area contributed by atoms with E-state index >= 15 is 0 Å². The molecule has 5 aromatic rings. The molecule has 2 aromatic heterocycles. The lowest BCUT2D eigenvalue weighted by Crippen LogP contribution is -2.16. The van der Waals surface area contributed by atoms with Gasteiger partial charge in [0.25, 0.3) is 5.91 Å². The van der Waals surface area contributed by atoms with Gasteiger partial charge in [0.2, 0.25) is 0 Å². The van der Waals surface area contributed by atoms with E-state index in [1.165, 1.54) is 11.1 Å². The number of aromatic nitrogens is 2. The van der Waals surface area contributed by atoms with Crippen molar-refractivity contribution in [2.24, 2.45) is 0 Å². The van der Waals surface area contributed by atoms with Gasteiger partial charge < -0.3 is 19.4 Å². The normalized spacial score (nSPS) is 12.8. The van der Waals surface area contributed by atoms with Crippen LogP contribution in [0.5, 0.6) is 11.5 Å². The van der Waals surface area contributed by atoms with E-state index in [1.54, 1.807) is 14.2 Å². The van der Waals surface area contributed by atoms with E-state index in [0.717, 1.165) is 59.6 Å². The third-order valence-electron chi connectivity index (χ3n) is 7.43. The molecule has 3 heterocycles. The lowest BCUT2D eigenvalue weighted by molar-refractivity contribution is 0.102. The number of ether oxygens (including phenoxy) is 2. The molecule has 1 N–H and O–H groups in total. The highest BCUT2D eigenvalue weighted by molar-refractivity contribution is 6.10. The number of carbonyl (C=O) groups excluding carboxylic acids is 1. The van der Waals surface area contributed by atoms with E-state index in [9.17, 15) is 4.79 Å². The molecule has 0 unspecified atom stereocenters. The second kappa shape index (κ2) is 9.78. The number of carbonyl (C=O) groups is 1. The Morgan fingerprint density at radius 3 is 2.34 bits per heavy atom. The highest BCUT2D eigenvalue weighted by Crippen LogP contribution is 2.40. The van der Waals surface area contributed by atoms with E-state index < -0.39 is 0 Å². The number of imidazole rings is 1. The number of anilines is 1. The predicted molar refractivity (Wildman–Crippen MR) is 151 cm³/mol. The third kappa shape index (κ3) is 4.02. The van der Waals surface area contributed by atoms with Crippen LogP contribution in [-0.4, -0.2) is 29.1 Å². The zero-order valence-electron chi connectivity index (χ0n) is 22.0. The van der Waals surface area contributed by atoms with Crippen molar-refractivity contribution >= 4 is 17.2 Å². The molecular formula is C32H31N3O3. The van der Waals surface area contributed by atoms with Crippen LogP contribution in [0.2, 0.25) is 0 Å². The van der Waals surface area contributed by atoms with Gasteiger partial charge in [-0.2, -0.15) is 0 Å². The van der Waals surface area contributed by atoms with Crippen LogP contribution in [0.25, 0.3) is 28.0 Å². The first kappa shape index (κ1) is 23.9. The van der Waals surface area contributed by atoms with E-state index in [1.807, 2.05) is 48.5 Å². The number of hydrogen-bond donors (Lipinski definition) is 1. The average Bonchev–Trinajstić information content (AvgIpc) is 3.36. The number of hydrogen-bond acceptors (Lipinski definition) is 3. The maximum absolute atomic E-state index is 14.1. The quantitative estimate of drug-likeness (QED) is 0.271. The smallest absolute Gasteiger partial charge is 0.273 e. The van der Waals surface area contributed by atoms with Gasteiger partial charge >= 0.3 is 0 Å². The van der Waals surface area contributed by atoms with Crippen LogP contribution in [0.15, 0.2) is 79.0 Å². The SMILES string of the molecule is COc1ccc(-c2c3c4n(c(-c5ccc(C)cc5)cn4c2C(=O)Nc2ccccc2OC)CCCC3)cc1. The van der Waals surface area contributed by atoms with Crippen molar-refractivity contribution < 1.29 is 14.3 Å². The maximum Gasteiger partial charge on any atom is 0.273 e. The Balaban J connectivity index is 1.60. The fourth-order valence-electron chi connectivity index (χ4n) is 5.56. The van der Waals surface area contributed by atoms with Crippen LogP contribution in [-0.2, 0) is 13.0 Å². The van der Waals surface area contributed by atoms with Crippen molar-refractivity contribution in [3.63, 3.8) is 0 Å². The van der Waals surface area contributed by atoms with Gasteiger partial charge in [-0.3, -0.25) is 9.20 Å². The summed E-state index contributed by atoms with van der Waals surface area (Å²) in [6.07, 6.45) is 5.18. The van der Waals surface area contributed by atoms with Gasteiger partial charge in [-0.25, -0.2) is 0 Å². The molecule has 0 spiro atoms. The Morgan fingerprint density at radius 1 is 0.868 bits per heavy atom. The molecule has 6 heteroatoms. The fourth-order valence-corrected chi connectivity index (χ4v) is 5.56. The lowest BCUT2D eigenvalue weighted by atomic mass is 9.97. The van der Waals surface area contributed by atoms with Crippen LogP contribution in [0.3, 0.4) is 0 Å². The Bertz CT molecular complexity index is 1630. The van der Waals surface area contributed by atoms with Crippen molar-refractivity contribution in [3.8, 4) is 33.9 Å². The maximum atomic E-state index is 14.1. The van der Waals surface area contributed by atoms with Gasteiger partial charge in [-0.05, 0) is 61.6 Å². The summed E-state index contributed by atoms with van der Waals surface area (Å²) in [5.74, 6) is 1.24. The van der Waals surface area contributed by atoms with Gasteiger partial charge in [0, 0.05) is 23.9 Å². The first-order valence-electron chi connectivity index (χ1n) is 13.0. The van der Waals surface area contributed by atoms with Gasteiger partial charge in [0.05, 0.1) is 25.6 Å². The zero-order valence-corrected chi connectivity index (χ0v) is 22.0. The number of aryl methyl sites for hydroxylation is 3. The molecule has 192 valence electrons. The molecule has 0 saturated heterocycles. The highest BCUT2D eigenvalue weighted by Gasteiger charge is 2.30. The minimum absolute atomic E-state index is 0.172. The topological polar surface area (TPSA) is 56.9 Å². The highest BCUT2D eigenvalue weighted by atomic mass is 16.5. The van der Waals surface area contributed by atoms with Crippen LogP contribution < -0.4 is 14.8 Å². The van der Waals surface area contributed by atoms with Gasteiger partial charge in [-0.1, -0.05) is 54.1 Å². The van der Waals surface area contributed by atoms with Crippen LogP contribution >= 0.6 is 0 Å². The molecule has 0 saturated carbocycles. The Morgan fingerprint density at radius 2 is 1.61 bits per heavy atom. The van der Waals surface area contributed by atoms with E-state index in [0.29, 0.717) is 17.1 Å². The molecule has 0 radical (unpaired) electrons. The molecule has 1 aliphatic rings. The molecule has 0 atom stereocenters. The summed E-state index contributed by atoms with van der Waals surface area (Å²) in [4.78, 5) is 14.1. The molecule has 38 heavy (non-hydrogen) atoms. The van der Waals surface area contributed by atoms with Gasteiger partial charge in [0.1, 0.15) is 22.8 Å². The Kier molecular flexibility index (Phi) is 6.16. The largest absolute Gasteiger partial charge is 0.497 e. The lowest BCUT2D eigenvalue weighted by Gasteiger charge is -2.12. The molecule has 0 aliphatic carbocycles. The van der Waals surface area contributed by atoms with E-state index in [-0.39, 0.29) is 5.91 Å². The average molecular weight is 506 g/mol. The molecule has 6 rings (SSSR count). The number of benzene rings is 3. The summed E-state index contributed by atoms with van der Waals surface area (Å²) in [5.41, 5.74) is 9.03. The summed E-state index contributed by atoms with van der Waals surface area (Å²) in [6, 6.07) is 24.1. The van der Waals surface area contributed by atoms with Crippen molar-refractivity contribution in [1.29, 1.82) is 0 Å². The standard InChI is InChI=1S/C32H31N3O3/c1-21-11-13-22(14-12-21)27-20-35-30(31(36)33-26-9-4-5-10-28(26)38-3)29(23-15-17-24(37-2)18-16-23)25-8-6-7-19-34(27)32(25)35/h4-5,9-18,20H,6-8,19H2,1-3H3,(H,33,36). The minimum Gasteiger partial charge on any atom is -0.497 e. The first-order chi connectivity index (χ1) is 18.6. The number of nitrogens with one attached hydrogen (secondary N) is 1. The Hall–Kier alpha value is -4.45. The monoisotopic (exact) mass is 505 g/mol. The van der Waals surface area contributed by atoms with Gasteiger partial charge in [-0.15, -0.1) is 0 Å². The van der Waals surface area contributed by atoms with Crippen molar-refractivity contribution in [2.75, 3.05) is 19.5 Å². The number of methoxy groups -OCH3 is 2.